The van der Waals surface area contributed by atoms with Crippen LogP contribution in [0.3, 0.4) is 0 Å². The number of rotatable bonds is 6. The number of alkyl halides is 1. The zero-order chi connectivity index (χ0) is 19.1. The number of carbonyl (C=O) groups is 2. The molecule has 2 aliphatic rings. The zero-order valence-corrected chi connectivity index (χ0v) is 16.5. The third-order valence-corrected chi connectivity index (χ3v) is 5.78. The second-order valence-corrected chi connectivity index (χ2v) is 7.96. The minimum Gasteiger partial charge on any atom is -0.352 e. The van der Waals surface area contributed by atoms with Gasteiger partial charge in [0.25, 0.3) is 5.91 Å². The Kier molecular flexibility index (Phi) is 7.50. The molecule has 6 nitrogen and oxygen atoms in total. The lowest BCUT2D eigenvalue weighted by Crippen LogP contribution is -2.51. The Labute approximate surface area is 166 Å². The molecule has 7 heteroatoms. The molecule has 1 aromatic carbocycles. The molecule has 2 amide bonds. The smallest absolute Gasteiger partial charge is 0.251 e. The predicted octanol–water partition coefficient (Wildman–Crippen LogP) is 2.21. The van der Waals surface area contributed by atoms with Gasteiger partial charge in [-0.1, -0.05) is 24.6 Å². The minimum atomic E-state index is -0.176. The molecule has 2 fully saturated rings. The van der Waals surface area contributed by atoms with Gasteiger partial charge in [0.15, 0.2) is 0 Å². The first-order valence-corrected chi connectivity index (χ1v) is 10.3. The van der Waals surface area contributed by atoms with Crippen molar-refractivity contribution in [3.8, 4) is 0 Å². The van der Waals surface area contributed by atoms with Crippen molar-refractivity contribution >= 4 is 23.4 Å². The Bertz CT molecular complexity index is 622. The molecule has 27 heavy (non-hydrogen) atoms. The highest BCUT2D eigenvalue weighted by atomic mass is 35.5. The number of piperidine rings is 2. The predicted molar refractivity (Wildman–Crippen MR) is 106 cm³/mol. The zero-order valence-electron chi connectivity index (χ0n) is 15.7. The Hall–Kier alpha value is -1.63. The molecular weight excluding hydrogens is 364 g/mol. The molecule has 0 aliphatic carbocycles. The number of halogens is 1. The SMILES string of the molecule is O=C(CN1CCC(CNC(=O)c2ccccc2)CC1Cl)NN1CCCCC1. The van der Waals surface area contributed by atoms with E-state index in [0.717, 1.165) is 45.3 Å². The maximum atomic E-state index is 12.3. The van der Waals surface area contributed by atoms with Crippen LogP contribution in [0, 0.1) is 5.92 Å². The van der Waals surface area contributed by atoms with Crippen LogP contribution in [0.25, 0.3) is 0 Å². The number of hydrazine groups is 1. The van der Waals surface area contributed by atoms with Crippen molar-refractivity contribution in [3.63, 3.8) is 0 Å². The van der Waals surface area contributed by atoms with Gasteiger partial charge in [-0.25, -0.2) is 5.01 Å². The maximum Gasteiger partial charge on any atom is 0.251 e. The van der Waals surface area contributed by atoms with Gasteiger partial charge in [0.2, 0.25) is 5.91 Å². The van der Waals surface area contributed by atoms with E-state index in [1.54, 1.807) is 0 Å². The summed E-state index contributed by atoms with van der Waals surface area (Å²) < 4.78 is 0. The van der Waals surface area contributed by atoms with E-state index in [9.17, 15) is 9.59 Å². The summed E-state index contributed by atoms with van der Waals surface area (Å²) in [6.07, 6.45) is 5.21. The van der Waals surface area contributed by atoms with Gasteiger partial charge in [-0.2, -0.15) is 0 Å². The summed E-state index contributed by atoms with van der Waals surface area (Å²) in [5.74, 6) is 0.296. The molecule has 0 radical (unpaired) electrons. The van der Waals surface area contributed by atoms with E-state index in [1.807, 2.05) is 40.2 Å². The fraction of sp³-hybridized carbons (Fsp3) is 0.600. The molecule has 0 spiro atoms. The topological polar surface area (TPSA) is 64.7 Å². The average molecular weight is 393 g/mol. The van der Waals surface area contributed by atoms with Gasteiger partial charge in [-0.05, 0) is 43.7 Å². The normalized spacial score (nSPS) is 24.3. The molecule has 2 unspecified atom stereocenters. The summed E-state index contributed by atoms with van der Waals surface area (Å²) in [4.78, 5) is 26.4. The summed E-state index contributed by atoms with van der Waals surface area (Å²) in [5.41, 5.74) is 3.49. The molecular formula is C20H29ClN4O2. The number of amides is 2. The van der Waals surface area contributed by atoms with Gasteiger partial charge < -0.3 is 5.32 Å². The average Bonchev–Trinajstić information content (AvgIpc) is 2.69. The Morgan fingerprint density at radius 3 is 2.52 bits per heavy atom. The summed E-state index contributed by atoms with van der Waals surface area (Å²) in [6.45, 7) is 3.57. The number of hydrogen-bond acceptors (Lipinski definition) is 4. The van der Waals surface area contributed by atoms with Gasteiger partial charge in [0.1, 0.15) is 0 Å². The maximum absolute atomic E-state index is 12.3. The highest BCUT2D eigenvalue weighted by molar-refractivity contribution is 6.20. The van der Waals surface area contributed by atoms with Crippen molar-refractivity contribution in [2.45, 2.75) is 37.6 Å². The Balaban J connectivity index is 1.38. The first-order chi connectivity index (χ1) is 13.1. The molecule has 0 aromatic heterocycles. The molecule has 148 valence electrons. The lowest BCUT2D eigenvalue weighted by Gasteiger charge is -2.36. The third kappa shape index (κ3) is 6.19. The minimum absolute atomic E-state index is 0.0124. The molecule has 2 aliphatic heterocycles. The van der Waals surface area contributed by atoms with E-state index < -0.39 is 0 Å². The summed E-state index contributed by atoms with van der Waals surface area (Å²) >= 11 is 6.52. The van der Waals surface area contributed by atoms with E-state index in [4.69, 9.17) is 11.6 Å². The number of nitrogens with zero attached hydrogens (tertiary/aromatic N) is 2. The Morgan fingerprint density at radius 2 is 1.81 bits per heavy atom. The van der Waals surface area contributed by atoms with Gasteiger partial charge in [-0.15, -0.1) is 11.6 Å². The van der Waals surface area contributed by atoms with Crippen molar-refractivity contribution in [2.75, 3.05) is 32.7 Å². The van der Waals surface area contributed by atoms with Crippen molar-refractivity contribution in [1.82, 2.24) is 20.7 Å². The second-order valence-electron chi connectivity index (χ2n) is 7.45. The second kappa shape index (κ2) is 10.1. The first-order valence-electron chi connectivity index (χ1n) is 9.87. The van der Waals surface area contributed by atoms with Crippen LogP contribution >= 0.6 is 11.6 Å². The van der Waals surface area contributed by atoms with Crippen LogP contribution in [0.1, 0.15) is 42.5 Å². The van der Waals surface area contributed by atoms with Crippen LogP contribution in [0.2, 0.25) is 0 Å². The molecule has 0 bridgehead atoms. The molecule has 2 heterocycles. The van der Waals surface area contributed by atoms with Gasteiger partial charge in [-0.3, -0.25) is 19.9 Å². The lowest BCUT2D eigenvalue weighted by molar-refractivity contribution is -0.128. The van der Waals surface area contributed by atoms with Gasteiger partial charge in [0, 0.05) is 31.7 Å². The molecule has 1 aromatic rings. The van der Waals surface area contributed by atoms with Gasteiger partial charge in [0.05, 0.1) is 12.0 Å². The van der Waals surface area contributed by atoms with E-state index >= 15 is 0 Å². The van der Waals surface area contributed by atoms with E-state index in [0.29, 0.717) is 24.6 Å². The lowest BCUT2D eigenvalue weighted by atomic mass is 9.96. The van der Waals surface area contributed by atoms with Crippen molar-refractivity contribution in [3.05, 3.63) is 35.9 Å². The van der Waals surface area contributed by atoms with Crippen LogP contribution in [0.4, 0.5) is 0 Å². The highest BCUT2D eigenvalue weighted by Crippen LogP contribution is 2.24. The summed E-state index contributed by atoms with van der Waals surface area (Å²) in [6, 6.07) is 9.23. The van der Waals surface area contributed by atoms with Crippen LogP contribution < -0.4 is 10.7 Å². The monoisotopic (exact) mass is 392 g/mol. The fourth-order valence-corrected chi connectivity index (χ4v) is 4.14. The Morgan fingerprint density at radius 1 is 1.07 bits per heavy atom. The van der Waals surface area contributed by atoms with Crippen LogP contribution in [-0.2, 0) is 4.79 Å². The van der Waals surface area contributed by atoms with Crippen LogP contribution in [0.5, 0.6) is 0 Å². The number of likely N-dealkylation sites (tertiary alicyclic amines) is 1. The standard InChI is InChI=1S/C20H29ClN4O2/c21-18-13-16(14-22-20(27)17-7-3-1-4-8-17)9-12-24(18)15-19(26)23-25-10-5-2-6-11-25/h1,3-4,7-8,16,18H,2,5-6,9-15H2,(H,22,27)(H,23,26). The number of carbonyl (C=O) groups excluding carboxylic acids is 2. The van der Waals surface area contributed by atoms with Crippen molar-refractivity contribution in [1.29, 1.82) is 0 Å². The molecule has 2 N–H and O–H groups in total. The quantitative estimate of drug-likeness (QED) is 0.575. The summed E-state index contributed by atoms with van der Waals surface area (Å²) in [7, 11) is 0. The van der Waals surface area contributed by atoms with E-state index in [2.05, 4.69) is 10.7 Å². The first kappa shape index (κ1) is 20.1. The van der Waals surface area contributed by atoms with Crippen LogP contribution in [0.15, 0.2) is 30.3 Å². The summed E-state index contributed by atoms with van der Waals surface area (Å²) in [5, 5.41) is 5.01. The van der Waals surface area contributed by atoms with Crippen molar-refractivity contribution < 1.29 is 9.59 Å². The molecule has 2 atom stereocenters. The van der Waals surface area contributed by atoms with Crippen molar-refractivity contribution in [2.24, 2.45) is 5.92 Å². The molecule has 2 saturated heterocycles. The largest absolute Gasteiger partial charge is 0.352 e. The highest BCUT2D eigenvalue weighted by Gasteiger charge is 2.29. The van der Waals surface area contributed by atoms with Gasteiger partial charge >= 0.3 is 0 Å². The van der Waals surface area contributed by atoms with E-state index in [-0.39, 0.29) is 17.3 Å². The number of hydrogen-bond donors (Lipinski definition) is 2. The molecule has 0 saturated carbocycles. The number of benzene rings is 1. The molecule has 3 rings (SSSR count). The third-order valence-electron chi connectivity index (χ3n) is 5.32. The number of nitrogens with one attached hydrogen (secondary N) is 2. The fourth-order valence-electron chi connectivity index (χ4n) is 3.72. The van der Waals surface area contributed by atoms with E-state index in [1.165, 1.54) is 6.42 Å². The van der Waals surface area contributed by atoms with Crippen LogP contribution in [-0.4, -0.2) is 59.9 Å².